The third-order valence-corrected chi connectivity index (χ3v) is 2.56. The van der Waals surface area contributed by atoms with Gasteiger partial charge in [0.25, 0.3) is 0 Å². The molecule has 0 saturated heterocycles. The fourth-order valence-corrected chi connectivity index (χ4v) is 1.41. The molecule has 116 valence electrons. The van der Waals surface area contributed by atoms with Crippen LogP contribution in [0.25, 0.3) is 0 Å². The van der Waals surface area contributed by atoms with Crippen molar-refractivity contribution in [1.82, 2.24) is 10.2 Å². The van der Waals surface area contributed by atoms with Crippen molar-refractivity contribution in [2.45, 2.75) is 53.2 Å². The third-order valence-electron chi connectivity index (χ3n) is 2.56. The molecule has 2 amide bonds. The highest BCUT2D eigenvalue weighted by Crippen LogP contribution is 2.12. The lowest BCUT2D eigenvalue weighted by atomic mass is 10.0. The maximum Gasteiger partial charge on any atom is 0.329 e. The van der Waals surface area contributed by atoms with Gasteiger partial charge >= 0.3 is 5.97 Å². The van der Waals surface area contributed by atoms with Gasteiger partial charge in [-0.25, -0.2) is 4.79 Å². The average molecular weight is 286 g/mol. The topological polar surface area (TPSA) is 75.7 Å². The summed E-state index contributed by atoms with van der Waals surface area (Å²) in [6, 6.07) is -0.720. The highest BCUT2D eigenvalue weighted by molar-refractivity contribution is 5.88. The number of amides is 2. The molecule has 1 N–H and O–H groups in total. The molecule has 0 aromatic rings. The lowest BCUT2D eigenvalue weighted by Crippen LogP contribution is -2.50. The van der Waals surface area contributed by atoms with Crippen LogP contribution in [0.4, 0.5) is 0 Å². The third kappa shape index (κ3) is 7.11. The van der Waals surface area contributed by atoms with E-state index in [2.05, 4.69) is 5.32 Å². The molecule has 0 unspecified atom stereocenters. The molecular weight excluding hydrogens is 260 g/mol. The molecule has 0 saturated carbocycles. The summed E-state index contributed by atoms with van der Waals surface area (Å²) in [6.07, 6.45) is 0. The number of hydrogen-bond donors (Lipinski definition) is 1. The van der Waals surface area contributed by atoms with Crippen LogP contribution in [-0.4, -0.2) is 47.9 Å². The SMILES string of the molecule is CC(=O)N(C)CC(=O)N[C@H](C(=O)OC(C)(C)C)C(C)C. The molecule has 0 aromatic heterocycles. The van der Waals surface area contributed by atoms with Crippen LogP contribution < -0.4 is 5.32 Å². The van der Waals surface area contributed by atoms with E-state index in [0.29, 0.717) is 0 Å². The molecule has 0 aliphatic heterocycles. The van der Waals surface area contributed by atoms with Gasteiger partial charge in [0.15, 0.2) is 0 Å². The van der Waals surface area contributed by atoms with Gasteiger partial charge in [-0.3, -0.25) is 9.59 Å². The Morgan fingerprint density at radius 1 is 1.20 bits per heavy atom. The maximum absolute atomic E-state index is 12.0. The van der Waals surface area contributed by atoms with E-state index in [1.165, 1.54) is 18.9 Å². The Kier molecular flexibility index (Phi) is 6.68. The van der Waals surface area contributed by atoms with Crippen LogP contribution in [0.2, 0.25) is 0 Å². The fourth-order valence-electron chi connectivity index (χ4n) is 1.41. The zero-order valence-corrected chi connectivity index (χ0v) is 13.4. The zero-order valence-electron chi connectivity index (χ0n) is 13.4. The van der Waals surface area contributed by atoms with Crippen molar-refractivity contribution in [1.29, 1.82) is 0 Å². The minimum Gasteiger partial charge on any atom is -0.458 e. The van der Waals surface area contributed by atoms with E-state index in [4.69, 9.17) is 4.74 Å². The predicted octanol–water partition coefficient (Wildman–Crippen LogP) is 0.947. The van der Waals surface area contributed by atoms with Gasteiger partial charge in [-0.15, -0.1) is 0 Å². The molecule has 0 aromatic carbocycles. The smallest absolute Gasteiger partial charge is 0.329 e. The Morgan fingerprint density at radius 2 is 1.70 bits per heavy atom. The molecule has 0 spiro atoms. The predicted molar refractivity (Wildman–Crippen MR) is 75.9 cm³/mol. The minimum absolute atomic E-state index is 0.0820. The molecule has 6 heteroatoms. The van der Waals surface area contributed by atoms with Crippen molar-refractivity contribution in [3.8, 4) is 0 Å². The first-order chi connectivity index (χ1) is 8.94. The number of carbonyl (C=O) groups excluding carboxylic acids is 3. The number of hydrogen-bond acceptors (Lipinski definition) is 4. The number of esters is 1. The molecule has 0 aliphatic carbocycles. The van der Waals surface area contributed by atoms with E-state index in [0.717, 1.165) is 0 Å². The normalized spacial score (nSPS) is 12.8. The van der Waals surface area contributed by atoms with E-state index in [1.54, 1.807) is 20.8 Å². The first kappa shape index (κ1) is 18.4. The first-order valence-electron chi connectivity index (χ1n) is 6.68. The van der Waals surface area contributed by atoms with Gasteiger partial charge in [0.05, 0.1) is 6.54 Å². The second kappa shape index (κ2) is 7.26. The molecule has 0 radical (unpaired) electrons. The molecule has 0 heterocycles. The molecule has 0 rings (SSSR count). The van der Waals surface area contributed by atoms with Gasteiger partial charge in [0.1, 0.15) is 11.6 Å². The van der Waals surface area contributed by atoms with E-state index in [1.807, 2.05) is 13.8 Å². The molecule has 1 atom stereocenters. The zero-order chi connectivity index (χ0) is 16.1. The summed E-state index contributed by atoms with van der Waals surface area (Å²) in [7, 11) is 1.53. The van der Waals surface area contributed by atoms with Crippen LogP contribution >= 0.6 is 0 Å². The van der Waals surface area contributed by atoms with Crippen molar-refractivity contribution in [3.05, 3.63) is 0 Å². The Bertz CT molecular complexity index is 372. The van der Waals surface area contributed by atoms with Crippen LogP contribution in [0.15, 0.2) is 0 Å². The number of nitrogens with zero attached hydrogens (tertiary/aromatic N) is 1. The largest absolute Gasteiger partial charge is 0.458 e. The molecule has 6 nitrogen and oxygen atoms in total. The van der Waals surface area contributed by atoms with Crippen molar-refractivity contribution in [3.63, 3.8) is 0 Å². The molecule has 20 heavy (non-hydrogen) atoms. The molecule has 0 bridgehead atoms. The standard InChI is InChI=1S/C14H26N2O4/c1-9(2)12(13(19)20-14(4,5)6)15-11(18)8-16(7)10(3)17/h9,12H,8H2,1-7H3,(H,15,18)/t12-/m0/s1. The van der Waals surface area contributed by atoms with Gasteiger partial charge in [0.2, 0.25) is 11.8 Å². The van der Waals surface area contributed by atoms with E-state index < -0.39 is 17.6 Å². The van der Waals surface area contributed by atoms with Crippen molar-refractivity contribution in [2.75, 3.05) is 13.6 Å². The summed E-state index contributed by atoms with van der Waals surface area (Å²) in [5.41, 5.74) is -0.606. The Morgan fingerprint density at radius 3 is 2.05 bits per heavy atom. The highest BCUT2D eigenvalue weighted by atomic mass is 16.6. The lowest BCUT2D eigenvalue weighted by molar-refractivity contribution is -0.160. The number of nitrogens with one attached hydrogen (secondary N) is 1. The van der Waals surface area contributed by atoms with Gasteiger partial charge in [-0.1, -0.05) is 13.8 Å². The quantitative estimate of drug-likeness (QED) is 0.763. The van der Waals surface area contributed by atoms with E-state index in [-0.39, 0.29) is 24.3 Å². The second-order valence-electron chi connectivity index (χ2n) is 6.20. The van der Waals surface area contributed by atoms with Gasteiger partial charge in [-0.2, -0.15) is 0 Å². The van der Waals surface area contributed by atoms with E-state index >= 15 is 0 Å². The molecular formula is C14H26N2O4. The summed E-state index contributed by atoms with van der Waals surface area (Å²) in [5, 5.41) is 2.62. The lowest BCUT2D eigenvalue weighted by Gasteiger charge is -2.27. The van der Waals surface area contributed by atoms with Crippen molar-refractivity contribution < 1.29 is 19.1 Å². The Labute approximate surface area is 120 Å². The Hall–Kier alpha value is -1.59. The Balaban J connectivity index is 4.67. The van der Waals surface area contributed by atoms with Crippen LogP contribution in [0, 0.1) is 5.92 Å². The van der Waals surface area contributed by atoms with Crippen LogP contribution in [-0.2, 0) is 19.1 Å². The summed E-state index contributed by atoms with van der Waals surface area (Å²) in [4.78, 5) is 36.2. The minimum atomic E-state index is -0.720. The monoisotopic (exact) mass is 286 g/mol. The van der Waals surface area contributed by atoms with E-state index in [9.17, 15) is 14.4 Å². The highest BCUT2D eigenvalue weighted by Gasteiger charge is 2.29. The number of likely N-dealkylation sites (N-methyl/N-ethyl adjacent to an activating group) is 1. The van der Waals surface area contributed by atoms with Gasteiger partial charge in [-0.05, 0) is 26.7 Å². The van der Waals surface area contributed by atoms with Gasteiger partial charge in [0, 0.05) is 14.0 Å². The summed E-state index contributed by atoms with van der Waals surface area (Å²) in [6.45, 7) is 10.3. The van der Waals surface area contributed by atoms with Crippen LogP contribution in [0.5, 0.6) is 0 Å². The van der Waals surface area contributed by atoms with Crippen molar-refractivity contribution >= 4 is 17.8 Å². The van der Waals surface area contributed by atoms with Crippen LogP contribution in [0.3, 0.4) is 0 Å². The molecule has 0 aliphatic rings. The van der Waals surface area contributed by atoms with Gasteiger partial charge < -0.3 is 15.0 Å². The average Bonchev–Trinajstić information content (AvgIpc) is 2.22. The maximum atomic E-state index is 12.0. The molecule has 0 fully saturated rings. The summed E-state index contributed by atoms with van der Waals surface area (Å²) >= 11 is 0. The van der Waals surface area contributed by atoms with Crippen LogP contribution in [0.1, 0.15) is 41.5 Å². The summed E-state index contributed by atoms with van der Waals surface area (Å²) in [5.74, 6) is -1.16. The van der Waals surface area contributed by atoms with Crippen molar-refractivity contribution in [2.24, 2.45) is 5.92 Å². The fraction of sp³-hybridized carbons (Fsp3) is 0.786. The number of ether oxygens (including phenoxy) is 1. The summed E-state index contributed by atoms with van der Waals surface area (Å²) < 4.78 is 5.28. The number of carbonyl (C=O) groups is 3. The number of rotatable bonds is 5. The second-order valence-corrected chi connectivity index (χ2v) is 6.20. The first-order valence-corrected chi connectivity index (χ1v) is 6.68.